The number of aromatic nitrogens is 2. The minimum atomic E-state index is -0.322. The summed E-state index contributed by atoms with van der Waals surface area (Å²) in [5.41, 5.74) is 1.54. The van der Waals surface area contributed by atoms with Gasteiger partial charge in [0.05, 0.1) is 10.9 Å². The molecule has 0 saturated carbocycles. The highest BCUT2D eigenvalue weighted by molar-refractivity contribution is 7.71. The standard InChI is InChI=1S/C18H16FN3O2S/c1-2-22-17(24)14-8-5-12(9-15(14)21-18(22)25)16(23)20-10-11-3-6-13(19)7-4-11/h3-9H,2,10H2,1H3,(H,20,23)(H,21,25). The summed E-state index contributed by atoms with van der Waals surface area (Å²) in [6, 6.07) is 10.7. The molecule has 3 rings (SSSR count). The maximum absolute atomic E-state index is 12.9. The van der Waals surface area contributed by atoms with Crippen LogP contribution in [0.2, 0.25) is 0 Å². The summed E-state index contributed by atoms with van der Waals surface area (Å²) in [5, 5.41) is 3.24. The summed E-state index contributed by atoms with van der Waals surface area (Å²) in [7, 11) is 0. The van der Waals surface area contributed by atoms with Crippen molar-refractivity contribution < 1.29 is 9.18 Å². The van der Waals surface area contributed by atoms with Crippen molar-refractivity contribution in [2.75, 3.05) is 0 Å². The number of hydrogen-bond donors (Lipinski definition) is 2. The van der Waals surface area contributed by atoms with Gasteiger partial charge in [0.25, 0.3) is 11.5 Å². The molecule has 0 saturated heterocycles. The Bertz CT molecular complexity index is 1050. The van der Waals surface area contributed by atoms with E-state index in [9.17, 15) is 14.0 Å². The van der Waals surface area contributed by atoms with Crippen LogP contribution in [0.1, 0.15) is 22.8 Å². The molecular formula is C18H16FN3O2S. The van der Waals surface area contributed by atoms with E-state index >= 15 is 0 Å². The fourth-order valence-corrected chi connectivity index (χ4v) is 2.89. The SMILES string of the molecule is CCn1c(=S)[nH]c2cc(C(=O)NCc3ccc(F)cc3)ccc2c1=O. The molecule has 0 fully saturated rings. The number of carbonyl (C=O) groups is 1. The molecule has 25 heavy (non-hydrogen) atoms. The number of carbonyl (C=O) groups excluding carboxylic acids is 1. The van der Waals surface area contributed by atoms with E-state index in [-0.39, 0.29) is 23.8 Å². The van der Waals surface area contributed by atoms with E-state index in [1.165, 1.54) is 16.7 Å². The second-order valence-corrected chi connectivity index (χ2v) is 5.94. The van der Waals surface area contributed by atoms with E-state index < -0.39 is 0 Å². The first-order valence-electron chi connectivity index (χ1n) is 7.79. The molecule has 0 aliphatic rings. The van der Waals surface area contributed by atoms with Crippen LogP contribution in [0.15, 0.2) is 47.3 Å². The lowest BCUT2D eigenvalue weighted by Gasteiger charge is -2.08. The second kappa shape index (κ2) is 6.98. The number of hydrogen-bond acceptors (Lipinski definition) is 3. The van der Waals surface area contributed by atoms with Crippen molar-refractivity contribution in [2.45, 2.75) is 20.0 Å². The van der Waals surface area contributed by atoms with Gasteiger partial charge in [0, 0.05) is 18.7 Å². The normalized spacial score (nSPS) is 10.8. The fraction of sp³-hybridized carbons (Fsp3) is 0.167. The molecule has 0 radical (unpaired) electrons. The quantitative estimate of drug-likeness (QED) is 0.705. The number of benzene rings is 2. The molecule has 128 valence electrons. The van der Waals surface area contributed by atoms with Gasteiger partial charge in [0.2, 0.25) is 0 Å². The van der Waals surface area contributed by atoms with E-state index in [0.717, 1.165) is 5.56 Å². The predicted octanol–water partition coefficient (Wildman–Crippen LogP) is 3.15. The van der Waals surface area contributed by atoms with Crippen molar-refractivity contribution in [1.29, 1.82) is 0 Å². The van der Waals surface area contributed by atoms with Crippen LogP contribution in [0, 0.1) is 10.6 Å². The average molecular weight is 357 g/mol. The molecule has 3 aromatic rings. The van der Waals surface area contributed by atoms with Crippen molar-refractivity contribution in [3.8, 4) is 0 Å². The Morgan fingerprint density at radius 1 is 1.24 bits per heavy atom. The maximum Gasteiger partial charge on any atom is 0.262 e. The Hall–Kier alpha value is -2.80. The molecule has 0 atom stereocenters. The number of halogens is 1. The van der Waals surface area contributed by atoms with Crippen molar-refractivity contribution >= 4 is 29.0 Å². The van der Waals surface area contributed by atoms with Crippen LogP contribution >= 0.6 is 12.2 Å². The minimum Gasteiger partial charge on any atom is -0.348 e. The Labute approximate surface area is 148 Å². The zero-order chi connectivity index (χ0) is 18.0. The third-order valence-corrected chi connectivity index (χ3v) is 4.25. The van der Waals surface area contributed by atoms with Gasteiger partial charge in [-0.1, -0.05) is 12.1 Å². The van der Waals surface area contributed by atoms with E-state index in [2.05, 4.69) is 10.3 Å². The molecule has 5 nitrogen and oxygen atoms in total. The van der Waals surface area contributed by atoms with E-state index in [0.29, 0.717) is 27.8 Å². The van der Waals surface area contributed by atoms with Gasteiger partial charge in [-0.2, -0.15) is 0 Å². The van der Waals surface area contributed by atoms with Gasteiger partial charge < -0.3 is 10.3 Å². The zero-order valence-corrected chi connectivity index (χ0v) is 14.3. The lowest BCUT2D eigenvalue weighted by Crippen LogP contribution is -2.24. The van der Waals surface area contributed by atoms with Crippen LogP contribution in [-0.2, 0) is 13.1 Å². The maximum atomic E-state index is 12.9. The lowest BCUT2D eigenvalue weighted by atomic mass is 10.1. The smallest absolute Gasteiger partial charge is 0.262 e. The Morgan fingerprint density at radius 2 is 1.96 bits per heavy atom. The van der Waals surface area contributed by atoms with Crippen LogP contribution in [0.25, 0.3) is 10.9 Å². The number of aromatic amines is 1. The van der Waals surface area contributed by atoms with E-state index in [4.69, 9.17) is 12.2 Å². The Balaban J connectivity index is 1.86. The van der Waals surface area contributed by atoms with Gasteiger partial charge >= 0.3 is 0 Å². The van der Waals surface area contributed by atoms with Crippen LogP contribution < -0.4 is 10.9 Å². The monoisotopic (exact) mass is 357 g/mol. The molecular weight excluding hydrogens is 341 g/mol. The Kier molecular flexibility index (Phi) is 4.76. The van der Waals surface area contributed by atoms with Crippen LogP contribution in [0.4, 0.5) is 4.39 Å². The first-order chi connectivity index (χ1) is 12.0. The first-order valence-corrected chi connectivity index (χ1v) is 8.20. The molecule has 0 unspecified atom stereocenters. The molecule has 0 spiro atoms. The number of nitrogens with one attached hydrogen (secondary N) is 2. The third kappa shape index (κ3) is 3.51. The summed E-state index contributed by atoms with van der Waals surface area (Å²) < 4.78 is 14.7. The molecule has 1 amide bonds. The molecule has 2 aromatic carbocycles. The van der Waals surface area contributed by atoms with Crippen molar-refractivity contribution in [3.63, 3.8) is 0 Å². The Morgan fingerprint density at radius 3 is 2.64 bits per heavy atom. The number of rotatable bonds is 4. The van der Waals surface area contributed by atoms with Crippen LogP contribution in [-0.4, -0.2) is 15.5 Å². The summed E-state index contributed by atoms with van der Waals surface area (Å²) in [6.45, 7) is 2.60. The van der Waals surface area contributed by atoms with Gasteiger partial charge in [-0.25, -0.2) is 4.39 Å². The van der Waals surface area contributed by atoms with Crippen LogP contribution in [0.5, 0.6) is 0 Å². The summed E-state index contributed by atoms with van der Waals surface area (Å²) in [4.78, 5) is 27.6. The van der Waals surface area contributed by atoms with Gasteiger partial charge in [-0.05, 0) is 55.0 Å². The fourth-order valence-electron chi connectivity index (χ4n) is 2.57. The lowest BCUT2D eigenvalue weighted by molar-refractivity contribution is 0.0951. The highest BCUT2D eigenvalue weighted by Crippen LogP contribution is 2.11. The molecule has 0 bridgehead atoms. The summed E-state index contributed by atoms with van der Waals surface area (Å²) in [6.07, 6.45) is 0. The summed E-state index contributed by atoms with van der Waals surface area (Å²) >= 11 is 5.18. The molecule has 0 aliphatic carbocycles. The van der Waals surface area contributed by atoms with Crippen molar-refractivity contribution in [1.82, 2.24) is 14.9 Å². The van der Waals surface area contributed by atoms with Gasteiger partial charge in [-0.3, -0.25) is 14.2 Å². The molecule has 2 N–H and O–H groups in total. The largest absolute Gasteiger partial charge is 0.348 e. The molecule has 1 heterocycles. The zero-order valence-electron chi connectivity index (χ0n) is 13.5. The number of amides is 1. The van der Waals surface area contributed by atoms with Gasteiger partial charge in [0.1, 0.15) is 5.82 Å². The predicted molar refractivity (Wildman–Crippen MR) is 96.6 cm³/mol. The highest BCUT2D eigenvalue weighted by Gasteiger charge is 2.10. The average Bonchev–Trinajstić information content (AvgIpc) is 2.61. The minimum absolute atomic E-state index is 0.181. The van der Waals surface area contributed by atoms with Crippen LogP contribution in [0.3, 0.4) is 0 Å². The van der Waals surface area contributed by atoms with Gasteiger partial charge in [-0.15, -0.1) is 0 Å². The van der Waals surface area contributed by atoms with Crippen molar-refractivity contribution in [3.05, 3.63) is 74.5 Å². The second-order valence-electron chi connectivity index (χ2n) is 5.55. The summed E-state index contributed by atoms with van der Waals surface area (Å²) in [5.74, 6) is -0.609. The molecule has 7 heteroatoms. The number of nitrogens with zero attached hydrogens (tertiary/aromatic N) is 1. The number of H-pyrrole nitrogens is 1. The highest BCUT2D eigenvalue weighted by atomic mass is 32.1. The first kappa shape index (κ1) is 17.0. The van der Waals surface area contributed by atoms with Gasteiger partial charge in [0.15, 0.2) is 4.77 Å². The molecule has 1 aromatic heterocycles. The van der Waals surface area contributed by atoms with E-state index in [1.807, 2.05) is 6.92 Å². The topological polar surface area (TPSA) is 66.9 Å². The van der Waals surface area contributed by atoms with Crippen molar-refractivity contribution in [2.24, 2.45) is 0 Å². The third-order valence-electron chi connectivity index (χ3n) is 3.93. The molecule has 0 aliphatic heterocycles. The van der Waals surface area contributed by atoms with E-state index in [1.54, 1.807) is 30.3 Å². The number of fused-ring (bicyclic) bond motifs is 1.